The number of rotatable bonds is 7. The van der Waals surface area contributed by atoms with Crippen molar-refractivity contribution in [2.45, 2.75) is 76.4 Å². The van der Waals surface area contributed by atoms with Gasteiger partial charge in [-0.2, -0.15) is 0 Å². The van der Waals surface area contributed by atoms with Crippen LogP contribution in [0, 0.1) is 0 Å². The van der Waals surface area contributed by atoms with Crippen LogP contribution in [0.15, 0.2) is 12.2 Å². The summed E-state index contributed by atoms with van der Waals surface area (Å²) < 4.78 is 15.4. The van der Waals surface area contributed by atoms with Gasteiger partial charge < -0.3 is 14.2 Å². The number of esters is 3. The second kappa shape index (κ2) is 9.45. The second-order valence-electron chi connectivity index (χ2n) is 6.50. The Morgan fingerprint density at radius 3 is 1.88 bits per heavy atom. The summed E-state index contributed by atoms with van der Waals surface area (Å²) in [7, 11) is 0. The third-order valence-electron chi connectivity index (χ3n) is 4.42. The van der Waals surface area contributed by atoms with Crippen molar-refractivity contribution in [3.05, 3.63) is 12.2 Å². The fraction of sp³-hybridized carbons (Fsp3) is 0.722. The van der Waals surface area contributed by atoms with Gasteiger partial charge in [0.25, 0.3) is 0 Å². The van der Waals surface area contributed by atoms with Crippen LogP contribution < -0.4 is 0 Å². The van der Waals surface area contributed by atoms with Crippen molar-refractivity contribution >= 4 is 17.9 Å². The summed E-state index contributed by atoms with van der Waals surface area (Å²) in [5.74, 6) is -1.80. The molecular formula is C18H26O6. The third kappa shape index (κ3) is 6.34. The predicted octanol–water partition coefficient (Wildman–Crippen LogP) is 2.84. The van der Waals surface area contributed by atoms with Crippen molar-refractivity contribution in [2.75, 3.05) is 6.61 Å². The van der Waals surface area contributed by atoms with E-state index in [4.69, 9.17) is 14.2 Å². The molecule has 0 amide bonds. The Labute approximate surface area is 142 Å². The summed E-state index contributed by atoms with van der Waals surface area (Å²) in [6.07, 6.45) is 8.52. The minimum Gasteiger partial charge on any atom is -0.462 e. The normalized spacial score (nSPS) is 18.8. The van der Waals surface area contributed by atoms with E-state index in [-0.39, 0.29) is 24.2 Å². The highest BCUT2D eigenvalue weighted by atomic mass is 16.6. The van der Waals surface area contributed by atoms with Gasteiger partial charge in [0.15, 0.2) is 6.61 Å². The first kappa shape index (κ1) is 18.5. The summed E-state index contributed by atoms with van der Waals surface area (Å²) >= 11 is 0. The number of ether oxygens (including phenoxy) is 3. The molecule has 134 valence electrons. The van der Waals surface area contributed by atoms with Crippen molar-refractivity contribution in [2.24, 2.45) is 0 Å². The molecule has 24 heavy (non-hydrogen) atoms. The van der Waals surface area contributed by atoms with Gasteiger partial charge in [0.2, 0.25) is 0 Å². The standard InChI is InChI=1S/C18H26O6/c1-13(11-16(19)23-14-9-5-6-10-14)18(21)22-12-17(20)24-15-7-3-2-4-8-15/h14-15H,1-12H2. The molecule has 0 aliphatic heterocycles. The fourth-order valence-corrected chi connectivity index (χ4v) is 3.11. The van der Waals surface area contributed by atoms with E-state index in [0.29, 0.717) is 0 Å². The van der Waals surface area contributed by atoms with Crippen LogP contribution in [0.3, 0.4) is 0 Å². The van der Waals surface area contributed by atoms with Crippen LogP contribution in [0.5, 0.6) is 0 Å². The van der Waals surface area contributed by atoms with Crippen LogP contribution in [0.1, 0.15) is 64.2 Å². The van der Waals surface area contributed by atoms with Gasteiger partial charge in [-0.15, -0.1) is 0 Å². The van der Waals surface area contributed by atoms with E-state index in [0.717, 1.165) is 51.4 Å². The molecule has 2 aliphatic carbocycles. The smallest absolute Gasteiger partial charge is 0.344 e. The molecule has 0 aromatic rings. The molecule has 0 unspecified atom stereocenters. The van der Waals surface area contributed by atoms with Gasteiger partial charge in [-0.05, 0) is 51.4 Å². The van der Waals surface area contributed by atoms with Gasteiger partial charge in [0.05, 0.1) is 6.42 Å². The van der Waals surface area contributed by atoms with Gasteiger partial charge in [-0.1, -0.05) is 13.0 Å². The van der Waals surface area contributed by atoms with Crippen LogP contribution in [-0.2, 0) is 28.6 Å². The number of hydrogen-bond donors (Lipinski definition) is 0. The molecule has 0 N–H and O–H groups in total. The minimum atomic E-state index is -0.765. The lowest BCUT2D eigenvalue weighted by atomic mass is 9.98. The van der Waals surface area contributed by atoms with E-state index < -0.39 is 24.5 Å². The van der Waals surface area contributed by atoms with E-state index in [1.807, 2.05) is 0 Å². The third-order valence-corrected chi connectivity index (χ3v) is 4.42. The van der Waals surface area contributed by atoms with Gasteiger partial charge in [0, 0.05) is 5.57 Å². The molecule has 2 fully saturated rings. The lowest BCUT2D eigenvalue weighted by Crippen LogP contribution is -2.25. The molecule has 0 bridgehead atoms. The zero-order chi connectivity index (χ0) is 17.4. The van der Waals surface area contributed by atoms with Gasteiger partial charge in [-0.25, -0.2) is 9.59 Å². The lowest BCUT2D eigenvalue weighted by Gasteiger charge is -2.21. The van der Waals surface area contributed by atoms with Crippen LogP contribution in [0.25, 0.3) is 0 Å². The molecule has 0 heterocycles. The summed E-state index contributed by atoms with van der Waals surface area (Å²) in [6, 6.07) is 0. The molecule has 0 aromatic heterocycles. The molecule has 2 aliphatic rings. The molecular weight excluding hydrogens is 312 g/mol. The highest BCUT2D eigenvalue weighted by Gasteiger charge is 2.22. The van der Waals surface area contributed by atoms with E-state index in [9.17, 15) is 14.4 Å². The molecule has 0 saturated heterocycles. The molecule has 0 spiro atoms. The number of carbonyl (C=O) groups excluding carboxylic acids is 3. The Bertz CT molecular complexity index is 472. The van der Waals surface area contributed by atoms with E-state index >= 15 is 0 Å². The van der Waals surface area contributed by atoms with E-state index in [1.165, 1.54) is 6.42 Å². The Morgan fingerprint density at radius 2 is 1.29 bits per heavy atom. The number of carbonyl (C=O) groups is 3. The van der Waals surface area contributed by atoms with Crippen LogP contribution in [-0.4, -0.2) is 36.7 Å². The van der Waals surface area contributed by atoms with Crippen LogP contribution >= 0.6 is 0 Å². The lowest BCUT2D eigenvalue weighted by molar-refractivity contribution is -0.161. The van der Waals surface area contributed by atoms with Crippen molar-refractivity contribution in [3.63, 3.8) is 0 Å². The van der Waals surface area contributed by atoms with Crippen molar-refractivity contribution in [1.82, 2.24) is 0 Å². The fourth-order valence-electron chi connectivity index (χ4n) is 3.11. The van der Waals surface area contributed by atoms with Gasteiger partial charge >= 0.3 is 17.9 Å². The molecule has 6 heteroatoms. The van der Waals surface area contributed by atoms with Crippen molar-refractivity contribution in [1.29, 1.82) is 0 Å². The zero-order valence-corrected chi connectivity index (χ0v) is 14.1. The topological polar surface area (TPSA) is 78.9 Å². The maximum Gasteiger partial charge on any atom is 0.344 e. The minimum absolute atomic E-state index is 0.0107. The summed E-state index contributed by atoms with van der Waals surface area (Å²) in [4.78, 5) is 35.2. The van der Waals surface area contributed by atoms with Gasteiger partial charge in [0.1, 0.15) is 12.2 Å². The molecule has 6 nitrogen and oxygen atoms in total. The predicted molar refractivity (Wildman–Crippen MR) is 86.0 cm³/mol. The maximum atomic E-state index is 11.8. The Hall–Kier alpha value is -1.85. The average molecular weight is 338 g/mol. The maximum absolute atomic E-state index is 11.8. The monoisotopic (exact) mass is 338 g/mol. The molecule has 2 saturated carbocycles. The first-order valence-electron chi connectivity index (χ1n) is 8.78. The summed E-state index contributed by atoms with van der Waals surface area (Å²) in [5.41, 5.74) is -0.0107. The van der Waals surface area contributed by atoms with E-state index in [2.05, 4.69) is 6.58 Å². The second-order valence-corrected chi connectivity index (χ2v) is 6.50. The average Bonchev–Trinajstić information content (AvgIpc) is 3.06. The summed E-state index contributed by atoms with van der Waals surface area (Å²) in [6.45, 7) is 3.08. The van der Waals surface area contributed by atoms with E-state index in [1.54, 1.807) is 0 Å². The largest absolute Gasteiger partial charge is 0.462 e. The zero-order valence-electron chi connectivity index (χ0n) is 14.1. The first-order chi connectivity index (χ1) is 11.5. The van der Waals surface area contributed by atoms with Crippen LogP contribution in [0.2, 0.25) is 0 Å². The molecule has 2 rings (SSSR count). The molecule has 0 atom stereocenters. The molecule has 0 radical (unpaired) electrons. The summed E-state index contributed by atoms with van der Waals surface area (Å²) in [5, 5.41) is 0. The Morgan fingerprint density at radius 1 is 0.792 bits per heavy atom. The Balaban J connectivity index is 1.62. The molecule has 0 aromatic carbocycles. The highest BCUT2D eigenvalue weighted by Crippen LogP contribution is 2.22. The van der Waals surface area contributed by atoms with Crippen molar-refractivity contribution in [3.8, 4) is 0 Å². The van der Waals surface area contributed by atoms with Crippen LogP contribution in [0.4, 0.5) is 0 Å². The number of hydrogen-bond acceptors (Lipinski definition) is 6. The highest BCUT2D eigenvalue weighted by molar-refractivity contribution is 5.94. The SMILES string of the molecule is C=C(CC(=O)OC1CCCC1)C(=O)OCC(=O)OC1CCCCC1. The Kier molecular flexibility index (Phi) is 7.28. The van der Waals surface area contributed by atoms with Crippen molar-refractivity contribution < 1.29 is 28.6 Å². The van der Waals surface area contributed by atoms with Gasteiger partial charge in [-0.3, -0.25) is 4.79 Å². The quantitative estimate of drug-likeness (QED) is 0.403. The first-order valence-corrected chi connectivity index (χ1v) is 8.78.